The Labute approximate surface area is 156 Å². The van der Waals surface area contributed by atoms with Crippen molar-refractivity contribution >= 4 is 21.4 Å². The van der Waals surface area contributed by atoms with Crippen LogP contribution in [0.4, 0.5) is 0 Å². The fourth-order valence-electron chi connectivity index (χ4n) is 3.68. The average Bonchev–Trinajstić information content (AvgIpc) is 2.99. The molecular weight excluding hydrogens is 378 g/mol. The Balaban J connectivity index is 1.73. The van der Waals surface area contributed by atoms with Crippen molar-refractivity contribution in [3.05, 3.63) is 53.1 Å². The summed E-state index contributed by atoms with van der Waals surface area (Å²) in [6.45, 7) is 0.283. The lowest BCUT2D eigenvalue weighted by Crippen LogP contribution is -2.35. The first-order chi connectivity index (χ1) is 12.4. The van der Waals surface area contributed by atoms with Gasteiger partial charge in [0.15, 0.2) is 21.3 Å². The number of fused-ring (bicyclic) bond motifs is 1. The van der Waals surface area contributed by atoms with Gasteiger partial charge in [-0.3, -0.25) is 0 Å². The second-order valence-electron chi connectivity index (χ2n) is 6.56. The van der Waals surface area contributed by atoms with Gasteiger partial charge in [0.1, 0.15) is 0 Å². The van der Waals surface area contributed by atoms with E-state index in [1.807, 2.05) is 6.07 Å². The Hall–Kier alpha value is -1.80. The summed E-state index contributed by atoms with van der Waals surface area (Å²) in [4.78, 5) is 0.195. The maximum atomic E-state index is 13.2. The molecule has 2 aromatic carbocycles. The fraction of sp³-hybridized carbons (Fsp3) is 0.333. The second kappa shape index (κ2) is 6.13. The van der Waals surface area contributed by atoms with E-state index in [1.165, 1.54) is 19.2 Å². The van der Waals surface area contributed by atoms with Crippen LogP contribution in [0.3, 0.4) is 0 Å². The predicted molar refractivity (Wildman–Crippen MR) is 96.5 cm³/mol. The summed E-state index contributed by atoms with van der Waals surface area (Å²) < 4.78 is 42.3. The van der Waals surface area contributed by atoms with Crippen molar-refractivity contribution in [2.75, 3.05) is 20.5 Å². The van der Waals surface area contributed by atoms with Crippen LogP contribution in [0.5, 0.6) is 11.5 Å². The minimum atomic E-state index is -3.66. The van der Waals surface area contributed by atoms with Crippen LogP contribution in [-0.4, -0.2) is 39.7 Å². The second-order valence-corrected chi connectivity index (χ2v) is 9.06. The molecule has 0 bridgehead atoms. The summed E-state index contributed by atoms with van der Waals surface area (Å²) >= 11 is 5.88. The topological polar surface area (TPSA) is 87.8 Å². The van der Waals surface area contributed by atoms with E-state index >= 15 is 0 Å². The molecule has 1 aliphatic carbocycles. The van der Waals surface area contributed by atoms with Crippen LogP contribution in [-0.2, 0) is 14.6 Å². The van der Waals surface area contributed by atoms with Gasteiger partial charge >= 0.3 is 0 Å². The van der Waals surface area contributed by atoms with E-state index in [1.54, 1.807) is 24.3 Å². The molecule has 0 aromatic heterocycles. The molecule has 4 rings (SSSR count). The lowest BCUT2D eigenvalue weighted by Gasteiger charge is -2.11. The summed E-state index contributed by atoms with van der Waals surface area (Å²) in [5.74, 6) is 0.829. The van der Waals surface area contributed by atoms with Gasteiger partial charge in [-0.1, -0.05) is 17.7 Å². The molecule has 1 saturated carbocycles. The van der Waals surface area contributed by atoms with Gasteiger partial charge in [0, 0.05) is 18.1 Å². The molecule has 3 atom stereocenters. The first-order valence-electron chi connectivity index (χ1n) is 8.05. The van der Waals surface area contributed by atoms with Gasteiger partial charge in [-0.05, 0) is 42.0 Å². The Morgan fingerprint density at radius 2 is 1.88 bits per heavy atom. The molecule has 0 saturated heterocycles. The molecule has 2 N–H and O–H groups in total. The zero-order valence-electron chi connectivity index (χ0n) is 14.0. The van der Waals surface area contributed by atoms with Crippen molar-refractivity contribution in [3.63, 3.8) is 0 Å². The highest BCUT2D eigenvalue weighted by Gasteiger charge is 2.69. The molecule has 26 heavy (non-hydrogen) atoms. The number of halogens is 1. The highest BCUT2D eigenvalue weighted by molar-refractivity contribution is 7.92. The highest BCUT2D eigenvalue weighted by atomic mass is 35.5. The van der Waals surface area contributed by atoms with Gasteiger partial charge in [0.25, 0.3) is 0 Å². The largest absolute Gasteiger partial charge is 0.454 e. The zero-order valence-corrected chi connectivity index (χ0v) is 15.6. The Morgan fingerprint density at radius 1 is 1.19 bits per heavy atom. The first-order valence-corrected chi connectivity index (χ1v) is 9.97. The van der Waals surface area contributed by atoms with Crippen molar-refractivity contribution in [3.8, 4) is 11.5 Å². The van der Waals surface area contributed by atoms with E-state index in [-0.39, 0.29) is 18.3 Å². The minimum Gasteiger partial charge on any atom is -0.454 e. The maximum Gasteiger partial charge on any atom is 0.231 e. The van der Waals surface area contributed by atoms with Gasteiger partial charge < -0.3 is 19.9 Å². The summed E-state index contributed by atoms with van der Waals surface area (Å²) in [6.07, 6.45) is 0. The summed E-state index contributed by atoms with van der Waals surface area (Å²) in [7, 11) is -2.15. The molecular formula is C18H18ClNO5S. The molecule has 0 amide bonds. The minimum absolute atomic E-state index is 0.129. The number of benzene rings is 2. The normalized spacial score (nSPS) is 26.7. The molecule has 6 nitrogen and oxygen atoms in total. The van der Waals surface area contributed by atoms with Crippen LogP contribution >= 0.6 is 11.6 Å². The van der Waals surface area contributed by atoms with Crippen molar-refractivity contribution in [2.24, 2.45) is 5.73 Å². The number of ether oxygens (including phenoxy) is 3. The van der Waals surface area contributed by atoms with Crippen LogP contribution in [0.2, 0.25) is 5.02 Å². The van der Waals surface area contributed by atoms with Crippen molar-refractivity contribution in [1.82, 2.24) is 0 Å². The lowest BCUT2D eigenvalue weighted by atomic mass is 10.1. The first kappa shape index (κ1) is 17.6. The SMILES string of the molecule is COC[C@]1(N)[C@@H](c2ccc3c(c2)OCO3)[C@@H]1S(=O)(=O)c1ccc(Cl)cc1. The predicted octanol–water partition coefficient (Wildman–Crippen LogP) is 2.35. The van der Waals surface area contributed by atoms with Gasteiger partial charge in [-0.15, -0.1) is 0 Å². The molecule has 1 heterocycles. The maximum absolute atomic E-state index is 13.2. The van der Waals surface area contributed by atoms with Gasteiger partial charge in [-0.2, -0.15) is 0 Å². The van der Waals surface area contributed by atoms with Crippen molar-refractivity contribution < 1.29 is 22.6 Å². The van der Waals surface area contributed by atoms with Crippen LogP contribution < -0.4 is 15.2 Å². The van der Waals surface area contributed by atoms with E-state index in [0.717, 1.165) is 5.56 Å². The molecule has 0 unspecified atom stereocenters. The summed E-state index contributed by atoms with van der Waals surface area (Å²) in [5, 5.41) is -0.320. The lowest BCUT2D eigenvalue weighted by molar-refractivity contribution is 0.171. The standard InChI is InChI=1S/C18H18ClNO5S/c1-23-9-18(20)16(11-2-7-14-15(8-11)25-10-24-14)17(18)26(21,22)13-5-3-12(19)4-6-13/h2-8,16-17H,9-10,20H2,1H3/t16-,17-,18-/m0/s1. The molecule has 1 aliphatic heterocycles. The smallest absolute Gasteiger partial charge is 0.231 e. The zero-order chi connectivity index (χ0) is 18.5. The molecule has 1 fully saturated rings. The number of hydrogen-bond donors (Lipinski definition) is 1. The molecule has 138 valence electrons. The van der Waals surface area contributed by atoms with E-state index in [2.05, 4.69) is 0 Å². The van der Waals surface area contributed by atoms with Gasteiger partial charge in [0.2, 0.25) is 6.79 Å². The van der Waals surface area contributed by atoms with Crippen molar-refractivity contribution in [2.45, 2.75) is 21.6 Å². The molecule has 0 spiro atoms. The Bertz CT molecular complexity index is 947. The fourth-order valence-corrected chi connectivity index (χ4v) is 6.09. The molecule has 0 radical (unpaired) electrons. The summed E-state index contributed by atoms with van der Waals surface area (Å²) in [5.41, 5.74) is 6.25. The van der Waals surface area contributed by atoms with Crippen LogP contribution in [0.25, 0.3) is 0 Å². The number of rotatable bonds is 5. The Kier molecular flexibility index (Phi) is 4.15. The van der Waals surface area contributed by atoms with E-state index in [0.29, 0.717) is 16.5 Å². The van der Waals surface area contributed by atoms with Crippen LogP contribution in [0.15, 0.2) is 47.4 Å². The number of sulfone groups is 1. The Morgan fingerprint density at radius 3 is 2.58 bits per heavy atom. The van der Waals surface area contributed by atoms with Crippen LogP contribution in [0.1, 0.15) is 11.5 Å². The average molecular weight is 396 g/mol. The molecule has 2 aliphatic rings. The van der Waals surface area contributed by atoms with Gasteiger partial charge in [0.05, 0.1) is 22.3 Å². The quantitative estimate of drug-likeness (QED) is 0.836. The number of hydrogen-bond acceptors (Lipinski definition) is 6. The number of nitrogens with two attached hydrogens (primary N) is 1. The van der Waals surface area contributed by atoms with E-state index in [4.69, 9.17) is 31.5 Å². The third-order valence-corrected chi connectivity index (χ3v) is 7.49. The molecule has 2 aromatic rings. The molecule has 8 heteroatoms. The third kappa shape index (κ3) is 2.66. The third-order valence-electron chi connectivity index (χ3n) is 4.93. The van der Waals surface area contributed by atoms with Crippen molar-refractivity contribution in [1.29, 1.82) is 0 Å². The summed E-state index contributed by atoms with van der Waals surface area (Å²) in [6, 6.07) is 11.5. The van der Waals surface area contributed by atoms with Crippen LogP contribution in [0, 0.1) is 0 Å². The highest BCUT2D eigenvalue weighted by Crippen LogP contribution is 2.56. The van der Waals surface area contributed by atoms with Gasteiger partial charge in [-0.25, -0.2) is 8.42 Å². The van der Waals surface area contributed by atoms with E-state index < -0.39 is 26.5 Å². The van der Waals surface area contributed by atoms with E-state index in [9.17, 15) is 8.42 Å². The number of methoxy groups -OCH3 is 1. The monoisotopic (exact) mass is 395 g/mol.